The number of pyridine rings is 2. The Hall–Kier alpha value is -3.74. The van der Waals surface area contributed by atoms with Crippen molar-refractivity contribution in [3.05, 3.63) is 98.8 Å². The number of aryl methyl sites for hydroxylation is 1. The highest BCUT2D eigenvalue weighted by Gasteiger charge is 2.29. The number of halogens is 2. The molecule has 0 spiro atoms. The molecule has 38 heavy (non-hydrogen) atoms. The number of nitrogens with zero attached hydrogens (tertiary/aromatic N) is 2. The Morgan fingerprint density at radius 2 is 1.76 bits per heavy atom. The first-order chi connectivity index (χ1) is 18.3. The average molecular weight is 546 g/mol. The Bertz CT molecular complexity index is 1590. The number of carbonyl (C=O) groups excluding carboxylic acids is 2. The van der Waals surface area contributed by atoms with E-state index < -0.39 is 18.5 Å². The zero-order valence-electron chi connectivity index (χ0n) is 20.9. The Kier molecular flexibility index (Phi) is 7.45. The molecule has 2 aromatic carbocycles. The number of carbonyl (C=O) groups is 2. The van der Waals surface area contributed by atoms with Crippen LogP contribution in [0.25, 0.3) is 22.6 Å². The van der Waals surface area contributed by atoms with E-state index in [0.29, 0.717) is 39.5 Å². The van der Waals surface area contributed by atoms with Crippen LogP contribution in [0.2, 0.25) is 10.0 Å². The molecule has 192 valence electrons. The van der Waals surface area contributed by atoms with Crippen molar-refractivity contribution in [3.63, 3.8) is 0 Å². The fourth-order valence-electron chi connectivity index (χ4n) is 4.74. The average Bonchev–Trinajstić information content (AvgIpc) is 2.90. The molecule has 0 radical (unpaired) electrons. The topological polar surface area (TPSA) is 81.2 Å². The molecule has 0 unspecified atom stereocenters. The Morgan fingerprint density at radius 1 is 1.03 bits per heavy atom. The standard InChI is InChI=1S/C30H25Cl2N3O3/c1-17-12-20(14-19-8-4-3-5-9-19)28-22(13-17)27(21-10-6-7-11-25(21)34-28)30(37)38-16-26(36)35-29-24(32)15-23(31)18(2)33-29/h3-11,14-15,17H,12-13,16H2,1-2H3,(H,33,35,36)/b20-14-/t17-/m1/s1. The van der Waals surface area contributed by atoms with Gasteiger partial charge in [-0.05, 0) is 60.6 Å². The maximum absolute atomic E-state index is 13.5. The van der Waals surface area contributed by atoms with Gasteiger partial charge in [0.15, 0.2) is 12.4 Å². The first-order valence-corrected chi connectivity index (χ1v) is 13.0. The molecule has 0 fully saturated rings. The number of aromatic nitrogens is 2. The summed E-state index contributed by atoms with van der Waals surface area (Å²) in [7, 11) is 0. The number of amides is 1. The summed E-state index contributed by atoms with van der Waals surface area (Å²) in [6, 6.07) is 19.1. The van der Waals surface area contributed by atoms with Crippen molar-refractivity contribution in [1.29, 1.82) is 0 Å². The lowest BCUT2D eigenvalue weighted by molar-refractivity contribution is -0.119. The van der Waals surface area contributed by atoms with E-state index in [0.717, 1.165) is 28.8 Å². The molecular weight excluding hydrogens is 521 g/mol. The van der Waals surface area contributed by atoms with Crippen LogP contribution in [0.15, 0.2) is 60.7 Å². The second-order valence-electron chi connectivity index (χ2n) is 9.44. The number of anilines is 1. The Morgan fingerprint density at radius 3 is 2.55 bits per heavy atom. The summed E-state index contributed by atoms with van der Waals surface area (Å²) in [5.41, 5.74) is 5.45. The van der Waals surface area contributed by atoms with E-state index >= 15 is 0 Å². The van der Waals surface area contributed by atoms with Gasteiger partial charge < -0.3 is 10.1 Å². The third kappa shape index (κ3) is 5.42. The number of para-hydroxylation sites is 1. The zero-order chi connectivity index (χ0) is 26.8. The quantitative estimate of drug-likeness (QED) is 0.269. The lowest BCUT2D eigenvalue weighted by Crippen LogP contribution is -2.24. The minimum absolute atomic E-state index is 0.158. The number of allylic oxidation sites excluding steroid dienone is 1. The van der Waals surface area contributed by atoms with E-state index in [9.17, 15) is 9.59 Å². The van der Waals surface area contributed by atoms with Gasteiger partial charge in [-0.25, -0.2) is 14.8 Å². The minimum atomic E-state index is -0.575. The Balaban J connectivity index is 1.47. The molecule has 1 atom stereocenters. The summed E-state index contributed by atoms with van der Waals surface area (Å²) in [6.45, 7) is 3.37. The largest absolute Gasteiger partial charge is 0.452 e. The van der Waals surface area contributed by atoms with Crippen molar-refractivity contribution in [2.24, 2.45) is 5.92 Å². The van der Waals surface area contributed by atoms with Crippen LogP contribution in [0.1, 0.15) is 46.2 Å². The molecule has 2 heterocycles. The van der Waals surface area contributed by atoms with Crippen molar-refractivity contribution < 1.29 is 14.3 Å². The second-order valence-corrected chi connectivity index (χ2v) is 10.2. The van der Waals surface area contributed by atoms with Crippen LogP contribution in [0.5, 0.6) is 0 Å². The maximum atomic E-state index is 13.5. The van der Waals surface area contributed by atoms with Gasteiger partial charge in [-0.3, -0.25) is 4.79 Å². The highest BCUT2D eigenvalue weighted by molar-refractivity contribution is 6.36. The van der Waals surface area contributed by atoms with Crippen molar-refractivity contribution >= 4 is 63.4 Å². The van der Waals surface area contributed by atoms with Crippen molar-refractivity contribution in [2.45, 2.75) is 26.7 Å². The first kappa shape index (κ1) is 25.9. The molecule has 1 amide bonds. The van der Waals surface area contributed by atoms with Gasteiger partial charge in [0.1, 0.15) is 0 Å². The molecule has 4 aromatic rings. The van der Waals surface area contributed by atoms with Crippen molar-refractivity contribution in [3.8, 4) is 0 Å². The fraction of sp³-hybridized carbons (Fsp3) is 0.200. The number of ether oxygens (including phenoxy) is 1. The number of hydrogen-bond donors (Lipinski definition) is 1. The van der Waals surface area contributed by atoms with Crippen LogP contribution in [-0.2, 0) is 16.0 Å². The number of benzene rings is 2. The van der Waals surface area contributed by atoms with Crippen molar-refractivity contribution in [2.75, 3.05) is 11.9 Å². The van der Waals surface area contributed by atoms with Gasteiger partial charge in [-0.2, -0.15) is 0 Å². The van der Waals surface area contributed by atoms with E-state index in [1.54, 1.807) is 6.92 Å². The van der Waals surface area contributed by atoms with Crippen LogP contribution < -0.4 is 5.32 Å². The maximum Gasteiger partial charge on any atom is 0.339 e. The van der Waals surface area contributed by atoms with Crippen LogP contribution in [0.3, 0.4) is 0 Å². The fourth-order valence-corrected chi connectivity index (χ4v) is 5.14. The lowest BCUT2D eigenvalue weighted by atomic mass is 9.80. The smallest absolute Gasteiger partial charge is 0.339 e. The predicted molar refractivity (Wildman–Crippen MR) is 151 cm³/mol. The van der Waals surface area contributed by atoms with Gasteiger partial charge in [0.05, 0.1) is 32.5 Å². The van der Waals surface area contributed by atoms with E-state index in [-0.39, 0.29) is 10.8 Å². The van der Waals surface area contributed by atoms with Gasteiger partial charge in [0.2, 0.25) is 0 Å². The minimum Gasteiger partial charge on any atom is -0.452 e. The zero-order valence-corrected chi connectivity index (χ0v) is 22.4. The van der Waals surface area contributed by atoms with Gasteiger partial charge in [-0.15, -0.1) is 0 Å². The molecule has 1 N–H and O–H groups in total. The van der Waals surface area contributed by atoms with Gasteiger partial charge in [0.25, 0.3) is 5.91 Å². The van der Waals surface area contributed by atoms with Gasteiger partial charge in [0, 0.05) is 5.39 Å². The molecule has 0 bridgehead atoms. The van der Waals surface area contributed by atoms with Crippen LogP contribution in [-0.4, -0.2) is 28.5 Å². The number of esters is 1. The van der Waals surface area contributed by atoms with E-state index in [4.69, 9.17) is 32.9 Å². The predicted octanol–water partition coefficient (Wildman–Crippen LogP) is 7.16. The van der Waals surface area contributed by atoms with Crippen LogP contribution in [0.4, 0.5) is 5.82 Å². The molecule has 0 saturated heterocycles. The number of rotatable bonds is 5. The molecule has 5 rings (SSSR count). The molecule has 0 aliphatic heterocycles. The highest BCUT2D eigenvalue weighted by Crippen LogP contribution is 2.38. The number of fused-ring (bicyclic) bond motifs is 2. The summed E-state index contributed by atoms with van der Waals surface area (Å²) in [4.78, 5) is 35.3. The third-order valence-electron chi connectivity index (χ3n) is 6.46. The van der Waals surface area contributed by atoms with E-state index in [2.05, 4.69) is 23.3 Å². The molecule has 0 saturated carbocycles. The monoisotopic (exact) mass is 545 g/mol. The lowest BCUT2D eigenvalue weighted by Gasteiger charge is -2.26. The van der Waals surface area contributed by atoms with Crippen molar-refractivity contribution in [1.82, 2.24) is 9.97 Å². The number of hydrogen-bond acceptors (Lipinski definition) is 5. The SMILES string of the molecule is Cc1nc(NC(=O)COC(=O)c2c3c(nc4ccccc24)/C(=C\c2ccccc2)C[C@@H](C)C3)c(Cl)cc1Cl. The summed E-state index contributed by atoms with van der Waals surface area (Å²) in [6.07, 6.45) is 3.65. The summed E-state index contributed by atoms with van der Waals surface area (Å²) in [5.74, 6) is -0.670. The van der Waals surface area contributed by atoms with E-state index in [1.165, 1.54) is 6.07 Å². The third-order valence-corrected chi connectivity index (χ3v) is 7.13. The molecule has 8 heteroatoms. The highest BCUT2D eigenvalue weighted by atomic mass is 35.5. The Labute approximate surface area is 230 Å². The van der Waals surface area contributed by atoms with Crippen LogP contribution >= 0.6 is 23.2 Å². The second kappa shape index (κ2) is 10.9. The summed E-state index contributed by atoms with van der Waals surface area (Å²) < 4.78 is 5.52. The molecule has 1 aliphatic carbocycles. The molecule has 2 aromatic heterocycles. The molecular formula is C30H25Cl2N3O3. The van der Waals surface area contributed by atoms with Crippen LogP contribution in [0, 0.1) is 12.8 Å². The normalized spacial score (nSPS) is 15.8. The summed E-state index contributed by atoms with van der Waals surface area (Å²) >= 11 is 12.2. The summed E-state index contributed by atoms with van der Waals surface area (Å²) in [5, 5.41) is 3.87. The first-order valence-electron chi connectivity index (χ1n) is 12.3. The molecule has 6 nitrogen and oxygen atoms in total. The van der Waals surface area contributed by atoms with Gasteiger partial charge >= 0.3 is 5.97 Å². The van der Waals surface area contributed by atoms with Gasteiger partial charge in [-0.1, -0.05) is 78.7 Å². The molecule has 1 aliphatic rings. The number of nitrogens with one attached hydrogen (secondary N) is 1. The van der Waals surface area contributed by atoms with E-state index in [1.807, 2.05) is 54.6 Å².